The molecule has 9 nitrogen and oxygen atoms in total. The van der Waals surface area contributed by atoms with Crippen molar-refractivity contribution in [1.82, 2.24) is 14.9 Å². The van der Waals surface area contributed by atoms with E-state index in [0.29, 0.717) is 0 Å². The number of nitro benzene ring substituents is 1. The molecule has 2 aromatic carbocycles. The van der Waals surface area contributed by atoms with Crippen molar-refractivity contribution in [3.05, 3.63) is 88.0 Å². The molecule has 0 atom stereocenters. The van der Waals surface area contributed by atoms with Gasteiger partial charge in [-0.2, -0.15) is 0 Å². The van der Waals surface area contributed by atoms with E-state index in [1.165, 1.54) is 6.07 Å². The number of nitrogens with zero attached hydrogens (tertiary/aromatic N) is 3. The van der Waals surface area contributed by atoms with Crippen LogP contribution in [0.25, 0.3) is 5.69 Å². The second-order valence-electron chi connectivity index (χ2n) is 5.80. The molecular weight excluding hydrogens is 364 g/mol. The number of hydrogen-bond donors (Lipinski definition) is 1. The molecule has 1 N–H and O–H groups in total. The Balaban J connectivity index is 1.84. The Morgan fingerprint density at radius 1 is 1.21 bits per heavy atom. The SMILES string of the molecule is COC(=O)c1cc(C(=O)NCc2ccccc2-n2ccnc2)cc([N+](=O)[O-])c1. The van der Waals surface area contributed by atoms with Gasteiger partial charge in [0.15, 0.2) is 0 Å². The summed E-state index contributed by atoms with van der Waals surface area (Å²) in [4.78, 5) is 38.7. The maximum absolute atomic E-state index is 12.5. The number of methoxy groups -OCH3 is 1. The molecule has 0 unspecified atom stereocenters. The summed E-state index contributed by atoms with van der Waals surface area (Å²) in [6.07, 6.45) is 5.07. The number of nitrogens with one attached hydrogen (secondary N) is 1. The highest BCUT2D eigenvalue weighted by Gasteiger charge is 2.18. The van der Waals surface area contributed by atoms with Crippen LogP contribution >= 0.6 is 0 Å². The average Bonchev–Trinajstić information content (AvgIpc) is 3.25. The number of amides is 1. The Morgan fingerprint density at radius 2 is 1.96 bits per heavy atom. The first-order chi connectivity index (χ1) is 13.5. The second-order valence-corrected chi connectivity index (χ2v) is 5.80. The third-order valence-electron chi connectivity index (χ3n) is 4.03. The molecule has 1 aromatic heterocycles. The lowest BCUT2D eigenvalue weighted by Gasteiger charge is -2.11. The number of imidazole rings is 1. The monoisotopic (exact) mass is 380 g/mol. The summed E-state index contributed by atoms with van der Waals surface area (Å²) in [5, 5.41) is 13.8. The molecule has 0 aliphatic rings. The summed E-state index contributed by atoms with van der Waals surface area (Å²) < 4.78 is 6.40. The first-order valence-corrected chi connectivity index (χ1v) is 8.22. The van der Waals surface area contributed by atoms with Crippen molar-refractivity contribution in [1.29, 1.82) is 0 Å². The highest BCUT2D eigenvalue weighted by Crippen LogP contribution is 2.19. The van der Waals surface area contributed by atoms with Gasteiger partial charge in [-0.3, -0.25) is 14.9 Å². The van der Waals surface area contributed by atoms with E-state index in [9.17, 15) is 19.7 Å². The van der Waals surface area contributed by atoms with Crippen LogP contribution in [0.15, 0.2) is 61.2 Å². The molecule has 3 aromatic rings. The van der Waals surface area contributed by atoms with Gasteiger partial charge in [0.2, 0.25) is 0 Å². The lowest BCUT2D eigenvalue weighted by molar-refractivity contribution is -0.384. The van der Waals surface area contributed by atoms with Crippen molar-refractivity contribution < 1.29 is 19.2 Å². The van der Waals surface area contributed by atoms with Crippen LogP contribution in [0.5, 0.6) is 0 Å². The molecule has 0 aliphatic carbocycles. The number of esters is 1. The molecule has 0 radical (unpaired) electrons. The van der Waals surface area contributed by atoms with Crippen molar-refractivity contribution in [2.45, 2.75) is 6.54 Å². The smallest absolute Gasteiger partial charge is 0.338 e. The number of non-ortho nitro benzene ring substituents is 1. The predicted molar refractivity (Wildman–Crippen MR) is 99.2 cm³/mol. The highest BCUT2D eigenvalue weighted by atomic mass is 16.6. The van der Waals surface area contributed by atoms with Gasteiger partial charge in [-0.15, -0.1) is 0 Å². The van der Waals surface area contributed by atoms with Gasteiger partial charge in [-0.05, 0) is 17.7 Å². The standard InChI is InChI=1S/C19H16N4O5/c1-28-19(25)15-8-14(9-16(10-15)23(26)27)18(24)21-11-13-4-2-3-5-17(13)22-7-6-20-12-22/h2-10,12H,11H2,1H3,(H,21,24). The summed E-state index contributed by atoms with van der Waals surface area (Å²) in [6.45, 7) is 0.184. The van der Waals surface area contributed by atoms with E-state index in [1.54, 1.807) is 18.7 Å². The lowest BCUT2D eigenvalue weighted by atomic mass is 10.1. The van der Waals surface area contributed by atoms with Gasteiger partial charge >= 0.3 is 5.97 Å². The number of aromatic nitrogens is 2. The van der Waals surface area contributed by atoms with Crippen LogP contribution in [0.1, 0.15) is 26.3 Å². The normalized spacial score (nSPS) is 10.3. The summed E-state index contributed by atoms with van der Waals surface area (Å²) >= 11 is 0. The minimum atomic E-state index is -0.761. The van der Waals surface area contributed by atoms with Gasteiger partial charge in [-0.25, -0.2) is 9.78 Å². The van der Waals surface area contributed by atoms with Crippen LogP contribution in [0, 0.1) is 10.1 Å². The summed E-state index contributed by atoms with van der Waals surface area (Å²) in [5.41, 5.74) is 1.23. The molecule has 0 aliphatic heterocycles. The molecule has 1 amide bonds. The maximum atomic E-state index is 12.5. The van der Waals surface area contributed by atoms with Gasteiger partial charge < -0.3 is 14.6 Å². The van der Waals surface area contributed by atoms with E-state index in [1.807, 2.05) is 28.8 Å². The Bertz CT molecular complexity index is 1030. The van der Waals surface area contributed by atoms with E-state index in [0.717, 1.165) is 30.5 Å². The van der Waals surface area contributed by atoms with Crippen molar-refractivity contribution in [2.75, 3.05) is 7.11 Å². The van der Waals surface area contributed by atoms with Crippen molar-refractivity contribution in [3.63, 3.8) is 0 Å². The third kappa shape index (κ3) is 4.04. The number of hydrogen-bond acceptors (Lipinski definition) is 6. The lowest BCUT2D eigenvalue weighted by Crippen LogP contribution is -2.24. The highest BCUT2D eigenvalue weighted by molar-refractivity contribution is 5.99. The van der Waals surface area contributed by atoms with Crippen LogP contribution in [0.4, 0.5) is 5.69 Å². The van der Waals surface area contributed by atoms with E-state index in [4.69, 9.17) is 0 Å². The van der Waals surface area contributed by atoms with E-state index >= 15 is 0 Å². The van der Waals surface area contributed by atoms with Gasteiger partial charge in [-0.1, -0.05) is 18.2 Å². The first kappa shape index (κ1) is 18.8. The zero-order valence-corrected chi connectivity index (χ0v) is 14.9. The molecule has 3 rings (SSSR count). The van der Waals surface area contributed by atoms with Gasteiger partial charge in [0.1, 0.15) is 0 Å². The summed E-state index contributed by atoms with van der Waals surface area (Å²) in [5.74, 6) is -1.31. The third-order valence-corrected chi connectivity index (χ3v) is 4.03. The minimum absolute atomic E-state index is 0.00490. The first-order valence-electron chi connectivity index (χ1n) is 8.22. The van der Waals surface area contributed by atoms with Crippen LogP contribution in [0.2, 0.25) is 0 Å². The van der Waals surface area contributed by atoms with Crippen LogP contribution in [-0.2, 0) is 11.3 Å². The van der Waals surface area contributed by atoms with Crippen LogP contribution in [-0.4, -0.2) is 33.5 Å². The van der Waals surface area contributed by atoms with E-state index in [2.05, 4.69) is 15.0 Å². The number of nitro groups is 1. The molecule has 0 bridgehead atoms. The fraction of sp³-hybridized carbons (Fsp3) is 0.105. The summed E-state index contributed by atoms with van der Waals surface area (Å²) in [7, 11) is 1.16. The molecule has 1 heterocycles. The van der Waals surface area contributed by atoms with Crippen LogP contribution < -0.4 is 5.32 Å². The quantitative estimate of drug-likeness (QED) is 0.399. The minimum Gasteiger partial charge on any atom is -0.465 e. The topological polar surface area (TPSA) is 116 Å². The number of benzene rings is 2. The largest absolute Gasteiger partial charge is 0.465 e. The number of carbonyl (C=O) groups excluding carboxylic acids is 2. The van der Waals surface area contributed by atoms with Crippen molar-refractivity contribution in [2.24, 2.45) is 0 Å². The van der Waals surface area contributed by atoms with Crippen molar-refractivity contribution >= 4 is 17.6 Å². The van der Waals surface area contributed by atoms with E-state index < -0.39 is 16.8 Å². The number of ether oxygens (including phenoxy) is 1. The average molecular weight is 380 g/mol. The fourth-order valence-electron chi connectivity index (χ4n) is 2.67. The number of para-hydroxylation sites is 1. The Hall–Kier alpha value is -4.01. The Morgan fingerprint density at radius 3 is 2.64 bits per heavy atom. The van der Waals surface area contributed by atoms with Gasteiger partial charge in [0, 0.05) is 36.6 Å². The molecule has 0 spiro atoms. The van der Waals surface area contributed by atoms with E-state index in [-0.39, 0.29) is 23.4 Å². The number of rotatable bonds is 6. The number of carbonyl (C=O) groups is 2. The molecule has 0 fully saturated rings. The zero-order chi connectivity index (χ0) is 20.1. The predicted octanol–water partition coefficient (Wildman–Crippen LogP) is 2.50. The molecule has 0 saturated carbocycles. The summed E-state index contributed by atoms with van der Waals surface area (Å²) in [6, 6.07) is 10.9. The molecule has 28 heavy (non-hydrogen) atoms. The second kappa shape index (κ2) is 8.12. The molecule has 0 saturated heterocycles. The molecule has 9 heteroatoms. The van der Waals surface area contributed by atoms with Gasteiger partial charge in [0.25, 0.3) is 11.6 Å². The Kier molecular flexibility index (Phi) is 5.45. The fourth-order valence-corrected chi connectivity index (χ4v) is 2.67. The Labute approximate surface area is 159 Å². The zero-order valence-electron chi connectivity index (χ0n) is 14.9. The molecular formula is C19H16N4O5. The van der Waals surface area contributed by atoms with Crippen molar-refractivity contribution in [3.8, 4) is 5.69 Å². The van der Waals surface area contributed by atoms with Crippen LogP contribution in [0.3, 0.4) is 0 Å². The molecule has 142 valence electrons. The maximum Gasteiger partial charge on any atom is 0.338 e. The van der Waals surface area contributed by atoms with Gasteiger partial charge in [0.05, 0.1) is 29.6 Å².